The van der Waals surface area contributed by atoms with Crippen molar-refractivity contribution in [2.24, 2.45) is 0 Å². The number of para-hydroxylation sites is 2. The lowest BCUT2D eigenvalue weighted by atomic mass is 10.2. The van der Waals surface area contributed by atoms with Crippen LogP contribution in [0.25, 0.3) is 0 Å². The van der Waals surface area contributed by atoms with Gasteiger partial charge < -0.3 is 15.4 Å². The van der Waals surface area contributed by atoms with Gasteiger partial charge in [0.2, 0.25) is 5.91 Å². The Balaban J connectivity index is 2.02. The number of hydrogen-bond acceptors (Lipinski definition) is 3. The van der Waals surface area contributed by atoms with E-state index in [1.165, 1.54) is 0 Å². The number of anilines is 2. The summed E-state index contributed by atoms with van der Waals surface area (Å²) in [6.45, 7) is 6.33. The molecule has 0 fully saturated rings. The van der Waals surface area contributed by atoms with Crippen molar-refractivity contribution < 1.29 is 9.53 Å². The molecule has 2 aromatic rings. The summed E-state index contributed by atoms with van der Waals surface area (Å²) in [7, 11) is 0. The normalized spacial score (nSPS) is 11.6. The molecule has 0 aliphatic carbocycles. The summed E-state index contributed by atoms with van der Waals surface area (Å²) in [6.07, 6.45) is 0. The highest BCUT2D eigenvalue weighted by molar-refractivity contribution is 5.97. The molecule has 2 rings (SSSR count). The molecule has 4 nitrogen and oxygen atoms in total. The van der Waals surface area contributed by atoms with Crippen LogP contribution in [0, 0.1) is 6.92 Å². The molecule has 0 spiro atoms. The zero-order valence-electron chi connectivity index (χ0n) is 13.2. The van der Waals surface area contributed by atoms with Crippen LogP contribution < -0.4 is 15.4 Å². The third-order valence-corrected chi connectivity index (χ3v) is 3.24. The lowest BCUT2D eigenvalue weighted by molar-refractivity contribution is -0.116. The summed E-state index contributed by atoms with van der Waals surface area (Å²) in [4.78, 5) is 12.3. The Morgan fingerprint density at radius 3 is 2.68 bits per heavy atom. The molecule has 2 aromatic carbocycles. The molecule has 2 N–H and O–H groups in total. The maximum atomic E-state index is 12.3. The largest absolute Gasteiger partial charge is 0.492 e. The zero-order chi connectivity index (χ0) is 15.9. The van der Waals surface area contributed by atoms with Crippen molar-refractivity contribution in [1.29, 1.82) is 0 Å². The summed E-state index contributed by atoms with van der Waals surface area (Å²) < 4.78 is 5.52. The van der Waals surface area contributed by atoms with Crippen LogP contribution in [-0.4, -0.2) is 18.6 Å². The molecule has 0 radical (unpaired) electrons. The highest BCUT2D eigenvalue weighted by Gasteiger charge is 2.14. The number of hydrogen-bond donors (Lipinski definition) is 2. The number of carbonyl (C=O) groups is 1. The quantitative estimate of drug-likeness (QED) is 0.852. The average Bonchev–Trinajstić information content (AvgIpc) is 2.49. The fraction of sp³-hybridized carbons (Fsp3) is 0.278. The van der Waals surface area contributed by atoms with Crippen LogP contribution in [0.1, 0.15) is 19.4 Å². The third-order valence-electron chi connectivity index (χ3n) is 3.24. The Hall–Kier alpha value is -2.49. The average molecular weight is 298 g/mol. The first-order valence-corrected chi connectivity index (χ1v) is 7.46. The predicted octanol–water partition coefficient (Wildman–Crippen LogP) is 3.83. The number of rotatable bonds is 6. The summed E-state index contributed by atoms with van der Waals surface area (Å²) in [6, 6.07) is 15.0. The van der Waals surface area contributed by atoms with E-state index in [-0.39, 0.29) is 11.9 Å². The number of carbonyl (C=O) groups excluding carboxylic acids is 1. The minimum absolute atomic E-state index is 0.103. The first-order chi connectivity index (χ1) is 10.6. The Morgan fingerprint density at radius 2 is 1.95 bits per heavy atom. The van der Waals surface area contributed by atoms with Crippen molar-refractivity contribution in [2.75, 3.05) is 17.2 Å². The van der Waals surface area contributed by atoms with E-state index in [2.05, 4.69) is 10.6 Å². The van der Waals surface area contributed by atoms with Gasteiger partial charge in [0, 0.05) is 5.69 Å². The molecule has 0 aliphatic rings. The van der Waals surface area contributed by atoms with Gasteiger partial charge in [-0.2, -0.15) is 0 Å². The molecule has 1 unspecified atom stereocenters. The van der Waals surface area contributed by atoms with Crippen LogP contribution in [0.4, 0.5) is 11.4 Å². The van der Waals surface area contributed by atoms with Crippen LogP contribution in [0.3, 0.4) is 0 Å². The molecule has 0 saturated carbocycles. The van der Waals surface area contributed by atoms with Gasteiger partial charge in [-0.15, -0.1) is 0 Å². The molecule has 0 heterocycles. The minimum atomic E-state index is -0.350. The van der Waals surface area contributed by atoms with Gasteiger partial charge >= 0.3 is 0 Å². The second-order valence-electron chi connectivity index (χ2n) is 5.15. The van der Waals surface area contributed by atoms with Crippen LogP contribution in [0.5, 0.6) is 5.75 Å². The van der Waals surface area contributed by atoms with E-state index in [1.54, 1.807) is 0 Å². The van der Waals surface area contributed by atoms with Crippen LogP contribution in [-0.2, 0) is 4.79 Å². The first-order valence-electron chi connectivity index (χ1n) is 7.46. The first kappa shape index (κ1) is 15.9. The topological polar surface area (TPSA) is 50.4 Å². The van der Waals surface area contributed by atoms with E-state index in [9.17, 15) is 4.79 Å². The molecule has 1 atom stereocenters. The van der Waals surface area contributed by atoms with Gasteiger partial charge in [-0.3, -0.25) is 4.79 Å². The summed E-state index contributed by atoms with van der Waals surface area (Å²) in [5.74, 6) is 0.578. The predicted molar refractivity (Wildman–Crippen MR) is 90.5 cm³/mol. The van der Waals surface area contributed by atoms with E-state index >= 15 is 0 Å². The van der Waals surface area contributed by atoms with Gasteiger partial charge in [0.05, 0.1) is 12.3 Å². The number of amides is 1. The van der Waals surface area contributed by atoms with Crippen LogP contribution >= 0.6 is 0 Å². The SMILES string of the molecule is CCOc1ccccc1NC(=O)C(C)Nc1cccc(C)c1. The van der Waals surface area contributed by atoms with Crippen molar-refractivity contribution >= 4 is 17.3 Å². The molecule has 0 saturated heterocycles. The number of aryl methyl sites for hydroxylation is 1. The van der Waals surface area contributed by atoms with Crippen LogP contribution in [0.2, 0.25) is 0 Å². The van der Waals surface area contributed by atoms with Gasteiger partial charge in [-0.25, -0.2) is 0 Å². The summed E-state index contributed by atoms with van der Waals surface area (Å²) in [5, 5.41) is 6.10. The Kier molecular flexibility index (Phi) is 5.42. The Bertz CT molecular complexity index is 640. The Morgan fingerprint density at radius 1 is 1.18 bits per heavy atom. The monoisotopic (exact) mass is 298 g/mol. The van der Waals surface area contributed by atoms with Crippen LogP contribution in [0.15, 0.2) is 48.5 Å². The van der Waals surface area contributed by atoms with Crippen molar-refractivity contribution in [1.82, 2.24) is 0 Å². The van der Waals surface area contributed by atoms with E-state index in [4.69, 9.17) is 4.74 Å². The summed E-state index contributed by atoms with van der Waals surface area (Å²) in [5.41, 5.74) is 2.77. The maximum absolute atomic E-state index is 12.3. The molecular formula is C18H22N2O2. The van der Waals surface area contributed by atoms with Gasteiger partial charge in [0.15, 0.2) is 0 Å². The molecule has 22 heavy (non-hydrogen) atoms. The zero-order valence-corrected chi connectivity index (χ0v) is 13.2. The molecule has 1 amide bonds. The molecule has 4 heteroatoms. The van der Waals surface area contributed by atoms with Gasteiger partial charge in [0.1, 0.15) is 11.8 Å². The highest BCUT2D eigenvalue weighted by Crippen LogP contribution is 2.24. The molecule has 0 aliphatic heterocycles. The molecular weight excluding hydrogens is 276 g/mol. The van der Waals surface area contributed by atoms with E-state index in [0.717, 1.165) is 11.3 Å². The smallest absolute Gasteiger partial charge is 0.246 e. The minimum Gasteiger partial charge on any atom is -0.492 e. The van der Waals surface area contributed by atoms with Crippen molar-refractivity contribution in [2.45, 2.75) is 26.8 Å². The summed E-state index contributed by atoms with van der Waals surface area (Å²) >= 11 is 0. The third kappa shape index (κ3) is 4.25. The van der Waals surface area contributed by atoms with Crippen molar-refractivity contribution in [3.05, 3.63) is 54.1 Å². The number of ether oxygens (including phenoxy) is 1. The number of benzene rings is 2. The van der Waals surface area contributed by atoms with Crippen molar-refractivity contribution in [3.8, 4) is 5.75 Å². The fourth-order valence-corrected chi connectivity index (χ4v) is 2.14. The molecule has 0 bridgehead atoms. The Labute approximate surface area is 131 Å². The van der Waals surface area contributed by atoms with Gasteiger partial charge in [0.25, 0.3) is 0 Å². The van der Waals surface area contributed by atoms with Gasteiger partial charge in [-0.05, 0) is 50.6 Å². The molecule has 0 aromatic heterocycles. The molecule has 116 valence electrons. The number of nitrogens with one attached hydrogen (secondary N) is 2. The maximum Gasteiger partial charge on any atom is 0.246 e. The highest BCUT2D eigenvalue weighted by atomic mass is 16.5. The second-order valence-corrected chi connectivity index (χ2v) is 5.15. The lowest BCUT2D eigenvalue weighted by Crippen LogP contribution is -2.32. The van der Waals surface area contributed by atoms with E-state index in [0.29, 0.717) is 18.0 Å². The van der Waals surface area contributed by atoms with Gasteiger partial charge in [-0.1, -0.05) is 24.3 Å². The second kappa shape index (κ2) is 7.50. The van der Waals surface area contributed by atoms with E-state index < -0.39 is 0 Å². The fourth-order valence-electron chi connectivity index (χ4n) is 2.14. The lowest BCUT2D eigenvalue weighted by Gasteiger charge is -2.17. The standard InChI is InChI=1S/C18H22N2O2/c1-4-22-17-11-6-5-10-16(17)20-18(21)14(3)19-15-9-7-8-13(2)12-15/h5-12,14,19H,4H2,1-3H3,(H,20,21). The van der Waals surface area contributed by atoms with E-state index in [1.807, 2.05) is 69.3 Å². The van der Waals surface area contributed by atoms with Crippen molar-refractivity contribution in [3.63, 3.8) is 0 Å².